The highest BCUT2D eigenvalue weighted by atomic mass is 32.2. The van der Waals surface area contributed by atoms with Crippen LogP contribution in [0.4, 0.5) is 0 Å². The molecule has 16 aromatic rings. The Morgan fingerprint density at radius 3 is 1.28 bits per heavy atom. The number of aromatic nitrogens is 1. The van der Waals surface area contributed by atoms with E-state index in [1.54, 1.807) is 31.4 Å². The minimum atomic E-state index is -3.02. The molecule has 0 unspecified atom stereocenters. The highest BCUT2D eigenvalue weighted by Gasteiger charge is 2.12. The summed E-state index contributed by atoms with van der Waals surface area (Å²) in [4.78, 5) is 0.378. The number of rotatable bonds is 2. The fourth-order valence-corrected chi connectivity index (χ4v) is 13.5. The Morgan fingerprint density at radius 1 is 0.343 bits per heavy atom. The van der Waals surface area contributed by atoms with Crippen LogP contribution >= 0.6 is 11.3 Å². The van der Waals surface area contributed by atoms with Crippen molar-refractivity contribution in [3.8, 4) is 5.75 Å². The van der Waals surface area contributed by atoms with E-state index in [0.29, 0.717) is 4.90 Å². The monoisotopic (exact) mass is 1380 g/mol. The highest BCUT2D eigenvalue weighted by Crippen LogP contribution is 2.29. The number of hydrogen-bond donors (Lipinski definition) is 0. The van der Waals surface area contributed by atoms with Crippen LogP contribution < -0.4 is 4.74 Å². The summed E-state index contributed by atoms with van der Waals surface area (Å²) >= 11 is 1.81. The van der Waals surface area contributed by atoms with Gasteiger partial charge >= 0.3 is 0 Å². The third kappa shape index (κ3) is 21.8. The van der Waals surface area contributed by atoms with Gasteiger partial charge in [0.05, 0.1) is 12.0 Å². The van der Waals surface area contributed by atoms with E-state index in [4.69, 9.17) is 4.74 Å². The number of ether oxygens (including phenoxy) is 1. The second-order valence-corrected chi connectivity index (χ2v) is 30.2. The molecule has 14 aromatic carbocycles. The summed E-state index contributed by atoms with van der Waals surface area (Å²) in [6.07, 6.45) is 3.36. The zero-order valence-corrected chi connectivity index (χ0v) is 64.5. The van der Waals surface area contributed by atoms with Crippen molar-refractivity contribution in [1.82, 2.24) is 4.57 Å². The predicted octanol–water partition coefficient (Wildman–Crippen LogP) is 26.8. The predicted molar refractivity (Wildman–Crippen MR) is 448 cm³/mol. The minimum absolute atomic E-state index is 0.285. The Kier molecular flexibility index (Phi) is 27.9. The molecule has 0 spiro atoms. The van der Waals surface area contributed by atoms with Gasteiger partial charge in [-0.25, -0.2) is 8.42 Å². The number of hydrogen-bond acceptors (Lipinski definition) is 4. The topological polar surface area (TPSA) is 48.3 Å². The average Bonchev–Trinajstić information content (AvgIpc) is 1.63. The fraction of sp³-hybridized carbons (Fsp3) is 0.188. The van der Waals surface area contributed by atoms with E-state index in [2.05, 4.69) is 368 Å². The van der Waals surface area contributed by atoms with E-state index in [-0.39, 0.29) is 5.41 Å². The minimum Gasteiger partial charge on any atom is -0.496 e. The van der Waals surface area contributed by atoms with Crippen molar-refractivity contribution in [1.29, 1.82) is 0 Å². The van der Waals surface area contributed by atoms with Gasteiger partial charge in [-0.15, -0.1) is 11.3 Å². The second-order valence-electron chi connectivity index (χ2n) is 27.3. The highest BCUT2D eigenvalue weighted by molar-refractivity contribution is 7.90. The number of thiophene rings is 1. The Balaban J connectivity index is 0.000000146. The van der Waals surface area contributed by atoms with Gasteiger partial charge in [0.15, 0.2) is 9.84 Å². The Morgan fingerprint density at radius 2 is 0.755 bits per heavy atom. The van der Waals surface area contributed by atoms with Crippen molar-refractivity contribution in [2.45, 2.75) is 107 Å². The summed E-state index contributed by atoms with van der Waals surface area (Å²) in [6, 6.07) is 100. The molecule has 16 rings (SSSR count). The largest absolute Gasteiger partial charge is 0.496 e. The second kappa shape index (κ2) is 36.8. The van der Waals surface area contributed by atoms with Crippen molar-refractivity contribution in [2.24, 2.45) is 7.05 Å². The molecule has 0 aliphatic heterocycles. The van der Waals surface area contributed by atoms with Gasteiger partial charge in [0.25, 0.3) is 0 Å². The van der Waals surface area contributed by atoms with E-state index in [1.807, 2.05) is 30.4 Å². The Hall–Kier alpha value is -10.4. The van der Waals surface area contributed by atoms with E-state index in [1.165, 1.54) is 142 Å². The van der Waals surface area contributed by atoms with Crippen molar-refractivity contribution in [3.63, 3.8) is 0 Å². The first-order valence-electron chi connectivity index (χ1n) is 34.9. The van der Waals surface area contributed by atoms with E-state index >= 15 is 0 Å². The average molecular weight is 1380 g/mol. The first-order valence-corrected chi connectivity index (χ1v) is 37.7. The zero-order chi connectivity index (χ0) is 73.5. The molecule has 102 heavy (non-hydrogen) atoms. The van der Waals surface area contributed by atoms with Gasteiger partial charge in [-0.1, -0.05) is 298 Å². The van der Waals surface area contributed by atoms with Gasteiger partial charge in [0, 0.05) is 35.1 Å². The lowest BCUT2D eigenvalue weighted by atomic mass is 9.87. The molecule has 0 atom stereocenters. The maximum atomic E-state index is 10.9. The number of para-hydroxylation sites is 1. The first-order chi connectivity index (χ1) is 48.8. The molecule has 520 valence electrons. The van der Waals surface area contributed by atoms with Crippen LogP contribution in [-0.4, -0.2) is 26.4 Å². The maximum Gasteiger partial charge on any atom is 0.175 e. The third-order valence-electron chi connectivity index (χ3n) is 18.2. The smallest absolute Gasteiger partial charge is 0.175 e. The van der Waals surface area contributed by atoms with Gasteiger partial charge < -0.3 is 9.30 Å². The van der Waals surface area contributed by atoms with Gasteiger partial charge in [0.1, 0.15) is 5.75 Å². The van der Waals surface area contributed by atoms with Crippen LogP contribution in [0, 0.1) is 76.2 Å². The standard InChI is InChI=1S/C12H12O.2C12H12.2C11H10.C11H16.C10H11N.C9H8S.C8H10O2S/c1-9-11-6-4-3-5-10(11)7-8-12(9)13-2;1-9-7-8-11-5-3-4-6-12(11)10(9)2;1-9-7-8-10(2)12-6-4-3-5-11(9)12;1-9-5-4-7-10-6-2-3-8-11(9)10;1-9-6-7-10-4-2-3-5-11(10)8-9;1-9-5-7-10(8-6-9)11(2,3)4;1-8-7-11(2)10-6-4-3-5-9(8)10;1-7-6-10-9-5-3-2-4-8(7)9;1-7-3-5-8(6-4-7)11(2,9)10/h3-8H,1-2H3;2*3-8H,1-2H3;2*2-8H,1H3;5-8H,1-4H3;3-7H,1-2H3;2-6H,1H3;3-6H,1-2H3. The van der Waals surface area contributed by atoms with Crippen LogP contribution in [0.2, 0.25) is 0 Å². The number of sulfone groups is 1. The van der Waals surface area contributed by atoms with Gasteiger partial charge in [0.2, 0.25) is 0 Å². The number of nitrogens with zero attached hydrogens (tertiary/aromatic N) is 1. The molecule has 0 aliphatic rings. The summed E-state index contributed by atoms with van der Waals surface area (Å²) in [5.41, 5.74) is 17.5. The molecule has 0 aliphatic carbocycles. The molecule has 4 nitrogen and oxygen atoms in total. The summed E-state index contributed by atoms with van der Waals surface area (Å²) < 4.78 is 30.7. The molecule has 0 amide bonds. The van der Waals surface area contributed by atoms with Crippen molar-refractivity contribution >= 4 is 96.0 Å². The Bertz CT molecular complexity index is 5380. The fourth-order valence-electron chi connectivity index (χ4n) is 12.0. The van der Waals surface area contributed by atoms with Crippen LogP contribution in [0.25, 0.3) is 74.9 Å². The molecule has 0 bridgehead atoms. The molecular weight excluding hydrogens is 1280 g/mol. The zero-order valence-electron chi connectivity index (χ0n) is 62.9. The normalized spacial score (nSPS) is 10.7. The summed E-state index contributed by atoms with van der Waals surface area (Å²) in [7, 11) is 0.765. The van der Waals surface area contributed by atoms with E-state index in [9.17, 15) is 8.42 Å². The maximum absolute atomic E-state index is 10.9. The lowest BCUT2D eigenvalue weighted by Gasteiger charge is -2.18. The van der Waals surface area contributed by atoms with Crippen LogP contribution in [0.15, 0.2) is 308 Å². The number of methoxy groups -OCH3 is 1. The van der Waals surface area contributed by atoms with Crippen LogP contribution in [0.5, 0.6) is 5.75 Å². The van der Waals surface area contributed by atoms with Gasteiger partial charge in [-0.3, -0.25) is 0 Å². The first kappa shape index (κ1) is 77.4. The van der Waals surface area contributed by atoms with Crippen molar-refractivity contribution in [2.75, 3.05) is 13.4 Å². The van der Waals surface area contributed by atoms with Gasteiger partial charge in [-0.2, -0.15) is 0 Å². The molecular formula is C96H101NO3S2. The molecule has 6 heteroatoms. The van der Waals surface area contributed by atoms with E-state index in [0.717, 1.165) is 11.3 Å². The third-order valence-corrected chi connectivity index (χ3v) is 20.5. The Labute approximate surface area is 612 Å². The quantitative estimate of drug-likeness (QED) is 0.173. The lowest BCUT2D eigenvalue weighted by molar-refractivity contribution is 0.412. The van der Waals surface area contributed by atoms with Crippen molar-refractivity contribution in [3.05, 3.63) is 370 Å². The molecule has 0 fully saturated rings. The summed E-state index contributed by atoms with van der Waals surface area (Å²) in [5, 5.41) is 18.3. The molecule has 0 radical (unpaired) electrons. The van der Waals surface area contributed by atoms with E-state index < -0.39 is 9.84 Å². The summed E-state index contributed by atoms with van der Waals surface area (Å²) in [6.45, 7) is 30.0. The molecule has 0 saturated heterocycles. The molecule has 0 N–H and O–H groups in total. The SMILES string of the molecule is COc1ccc2ccccc2c1C.Cc1ccc(C(C)(C)C)cc1.Cc1ccc(C)c2ccccc12.Cc1ccc(S(C)(=O)=O)cc1.Cc1ccc2ccccc2c1.Cc1ccc2ccccc2c1C.Cc1cccc2ccccc12.Cc1cn(C)c2ccccc12.Cc1csc2ccccc12. The number of fused-ring (bicyclic) bond motifs is 7. The van der Waals surface area contributed by atoms with Crippen LogP contribution in [0.3, 0.4) is 0 Å². The molecule has 2 aromatic heterocycles. The van der Waals surface area contributed by atoms with Gasteiger partial charge in [-0.05, 0) is 227 Å². The molecule has 0 saturated carbocycles. The molecule has 2 heterocycles. The number of benzene rings is 14. The number of aryl methyl sites for hydroxylation is 12. The lowest BCUT2D eigenvalue weighted by Crippen LogP contribution is -2.10. The van der Waals surface area contributed by atoms with Crippen LogP contribution in [0.1, 0.15) is 87.5 Å². The van der Waals surface area contributed by atoms with Crippen molar-refractivity contribution < 1.29 is 13.2 Å². The van der Waals surface area contributed by atoms with Crippen LogP contribution in [-0.2, 0) is 22.3 Å². The summed E-state index contributed by atoms with van der Waals surface area (Å²) in [5.74, 6) is 0.957.